The number of hydrogen-bond acceptors (Lipinski definition) is 0. The van der Waals surface area contributed by atoms with E-state index in [2.05, 4.69) is 68.5 Å². The standard InChI is InChI=1S/C23H32N/c1-5-12-20(19(3)6-2)13-8-7-9-16-23-22-15-11-10-14-21(22)17-18-24(23)4/h5-6,10-12,14-15H,2,7-9,13,16-18H2,1,3-4H3/q+1/b12-5-,20-19+. The van der Waals surface area contributed by atoms with E-state index in [1.54, 1.807) is 0 Å². The van der Waals surface area contributed by atoms with Crippen molar-refractivity contribution in [2.75, 3.05) is 13.6 Å². The van der Waals surface area contributed by atoms with Crippen molar-refractivity contribution >= 4 is 5.71 Å². The fraction of sp³-hybridized carbons (Fsp3) is 0.435. The van der Waals surface area contributed by atoms with Gasteiger partial charge < -0.3 is 0 Å². The number of benzene rings is 1. The average Bonchev–Trinajstić information content (AvgIpc) is 2.61. The third kappa shape index (κ3) is 4.80. The molecule has 0 bridgehead atoms. The molecule has 0 spiro atoms. The number of unbranched alkanes of at least 4 members (excludes halogenated alkanes) is 2. The Morgan fingerprint density at radius 2 is 2.00 bits per heavy atom. The molecule has 0 aromatic heterocycles. The Kier molecular flexibility index (Phi) is 7.24. The van der Waals surface area contributed by atoms with Gasteiger partial charge in [-0.1, -0.05) is 49.4 Å². The molecule has 1 nitrogen and oxygen atoms in total. The maximum atomic E-state index is 3.90. The maximum absolute atomic E-state index is 3.90. The summed E-state index contributed by atoms with van der Waals surface area (Å²) in [5, 5.41) is 0. The molecule has 24 heavy (non-hydrogen) atoms. The highest BCUT2D eigenvalue weighted by molar-refractivity contribution is 5.98. The monoisotopic (exact) mass is 322 g/mol. The van der Waals surface area contributed by atoms with Crippen molar-refractivity contribution in [2.24, 2.45) is 0 Å². The lowest BCUT2D eigenvalue weighted by molar-refractivity contribution is -0.499. The highest BCUT2D eigenvalue weighted by Crippen LogP contribution is 2.20. The predicted molar refractivity (Wildman–Crippen MR) is 106 cm³/mol. The minimum atomic E-state index is 1.15. The van der Waals surface area contributed by atoms with Crippen molar-refractivity contribution in [3.63, 3.8) is 0 Å². The van der Waals surface area contributed by atoms with E-state index in [-0.39, 0.29) is 0 Å². The lowest BCUT2D eigenvalue weighted by Crippen LogP contribution is -2.27. The van der Waals surface area contributed by atoms with Gasteiger partial charge >= 0.3 is 0 Å². The van der Waals surface area contributed by atoms with Gasteiger partial charge in [-0.25, -0.2) is 4.58 Å². The first-order valence-electron chi connectivity index (χ1n) is 9.27. The number of nitrogens with zero attached hydrogens (tertiary/aromatic N) is 1. The van der Waals surface area contributed by atoms with Gasteiger partial charge in [0, 0.05) is 18.4 Å². The number of fused-ring (bicyclic) bond motifs is 1. The van der Waals surface area contributed by atoms with E-state index in [1.807, 2.05) is 6.08 Å². The summed E-state index contributed by atoms with van der Waals surface area (Å²) < 4.78 is 2.45. The maximum Gasteiger partial charge on any atom is 0.183 e. The van der Waals surface area contributed by atoms with Crippen LogP contribution in [-0.4, -0.2) is 23.9 Å². The summed E-state index contributed by atoms with van der Waals surface area (Å²) in [5.41, 5.74) is 7.26. The molecule has 128 valence electrons. The Bertz CT molecular complexity index is 658. The summed E-state index contributed by atoms with van der Waals surface area (Å²) >= 11 is 0. The van der Waals surface area contributed by atoms with Gasteiger partial charge in [-0.3, -0.25) is 0 Å². The van der Waals surface area contributed by atoms with Crippen LogP contribution in [0.5, 0.6) is 0 Å². The van der Waals surface area contributed by atoms with E-state index in [1.165, 1.54) is 60.1 Å². The van der Waals surface area contributed by atoms with Crippen molar-refractivity contribution in [1.82, 2.24) is 0 Å². The van der Waals surface area contributed by atoms with Gasteiger partial charge in [0.2, 0.25) is 0 Å². The van der Waals surface area contributed by atoms with Crippen molar-refractivity contribution in [3.8, 4) is 0 Å². The minimum Gasteiger partial charge on any atom is -0.235 e. The first kappa shape index (κ1) is 18.4. The zero-order valence-electron chi connectivity index (χ0n) is 15.6. The summed E-state index contributed by atoms with van der Waals surface area (Å²) in [7, 11) is 2.24. The molecular weight excluding hydrogens is 290 g/mol. The highest BCUT2D eigenvalue weighted by atomic mass is 15.0. The fourth-order valence-electron chi connectivity index (χ4n) is 3.50. The third-order valence-corrected chi connectivity index (χ3v) is 5.05. The minimum absolute atomic E-state index is 1.15. The molecule has 2 rings (SSSR count). The van der Waals surface area contributed by atoms with Crippen LogP contribution < -0.4 is 0 Å². The summed E-state index contributed by atoms with van der Waals surface area (Å²) in [5.74, 6) is 0. The molecule has 1 heteroatoms. The topological polar surface area (TPSA) is 3.01 Å². The summed E-state index contributed by atoms with van der Waals surface area (Å²) in [6.07, 6.45) is 13.7. The van der Waals surface area contributed by atoms with Crippen LogP contribution in [0.4, 0.5) is 0 Å². The molecule has 0 saturated carbocycles. The van der Waals surface area contributed by atoms with Crippen LogP contribution in [-0.2, 0) is 6.42 Å². The lowest BCUT2D eigenvalue weighted by Gasteiger charge is -2.16. The molecule has 0 amide bonds. The zero-order chi connectivity index (χ0) is 17.4. The smallest absolute Gasteiger partial charge is 0.183 e. The molecule has 1 heterocycles. The number of hydrogen-bond donors (Lipinski definition) is 0. The van der Waals surface area contributed by atoms with Crippen molar-refractivity contribution in [1.29, 1.82) is 0 Å². The van der Waals surface area contributed by atoms with Crippen LogP contribution in [0.2, 0.25) is 0 Å². The molecular formula is C23H32N+. The van der Waals surface area contributed by atoms with Crippen molar-refractivity contribution in [3.05, 3.63) is 71.3 Å². The average molecular weight is 323 g/mol. The summed E-state index contributed by atoms with van der Waals surface area (Å²) in [4.78, 5) is 0. The second kappa shape index (κ2) is 9.42. The summed E-state index contributed by atoms with van der Waals surface area (Å²) in [6, 6.07) is 8.91. The molecule has 1 aliphatic rings. The lowest BCUT2D eigenvalue weighted by atomic mass is 9.93. The first-order chi connectivity index (χ1) is 11.7. The Morgan fingerprint density at radius 1 is 1.21 bits per heavy atom. The van der Waals surface area contributed by atoms with Crippen LogP contribution in [0, 0.1) is 0 Å². The molecule has 0 fully saturated rings. The van der Waals surface area contributed by atoms with E-state index in [9.17, 15) is 0 Å². The van der Waals surface area contributed by atoms with Gasteiger partial charge in [-0.05, 0) is 55.9 Å². The van der Waals surface area contributed by atoms with Crippen LogP contribution in [0.25, 0.3) is 0 Å². The largest absolute Gasteiger partial charge is 0.235 e. The molecule has 1 aromatic carbocycles. The Hall–Kier alpha value is -1.89. The zero-order valence-corrected chi connectivity index (χ0v) is 15.6. The van der Waals surface area contributed by atoms with Crippen molar-refractivity contribution in [2.45, 2.75) is 52.4 Å². The number of rotatable bonds is 8. The van der Waals surface area contributed by atoms with E-state index >= 15 is 0 Å². The van der Waals surface area contributed by atoms with Crippen molar-refractivity contribution < 1.29 is 4.58 Å². The molecule has 0 unspecified atom stereocenters. The van der Waals surface area contributed by atoms with Gasteiger partial charge in [0.25, 0.3) is 0 Å². The predicted octanol–water partition coefficient (Wildman–Crippen LogP) is 5.70. The van der Waals surface area contributed by atoms with Crippen LogP contribution in [0.3, 0.4) is 0 Å². The van der Waals surface area contributed by atoms with Gasteiger partial charge in [-0.15, -0.1) is 0 Å². The van der Waals surface area contributed by atoms with Gasteiger partial charge in [0.05, 0.1) is 0 Å². The summed E-state index contributed by atoms with van der Waals surface area (Å²) in [6.45, 7) is 9.30. The highest BCUT2D eigenvalue weighted by Gasteiger charge is 2.21. The van der Waals surface area contributed by atoms with Crippen LogP contribution in [0.1, 0.15) is 57.1 Å². The normalized spacial score (nSPS) is 15.5. The number of allylic oxidation sites excluding steroid dienone is 5. The first-order valence-corrected chi connectivity index (χ1v) is 9.27. The second-order valence-electron chi connectivity index (χ2n) is 6.75. The van der Waals surface area contributed by atoms with E-state index in [0.717, 1.165) is 13.0 Å². The van der Waals surface area contributed by atoms with Crippen LogP contribution >= 0.6 is 0 Å². The quantitative estimate of drug-likeness (QED) is 0.328. The van der Waals surface area contributed by atoms with E-state index in [0.29, 0.717) is 0 Å². The molecule has 0 saturated heterocycles. The fourth-order valence-corrected chi connectivity index (χ4v) is 3.50. The van der Waals surface area contributed by atoms with Gasteiger partial charge in [0.1, 0.15) is 13.6 Å². The van der Waals surface area contributed by atoms with Gasteiger partial charge in [0.15, 0.2) is 5.71 Å². The van der Waals surface area contributed by atoms with E-state index < -0.39 is 0 Å². The molecule has 1 aromatic rings. The SMILES string of the molecule is C=C/C(C)=C(\C=C/C)CCCCCC1=[N+](C)CCc2ccccc21. The molecule has 0 radical (unpaired) electrons. The third-order valence-electron chi connectivity index (χ3n) is 5.05. The molecule has 1 aliphatic heterocycles. The molecule has 0 N–H and O–H groups in total. The van der Waals surface area contributed by atoms with Gasteiger partial charge in [-0.2, -0.15) is 0 Å². The Morgan fingerprint density at radius 3 is 2.75 bits per heavy atom. The number of likely N-dealkylation sites (N-methyl/N-ethyl adjacent to an activating group) is 1. The molecule has 0 aliphatic carbocycles. The van der Waals surface area contributed by atoms with Crippen LogP contribution in [0.15, 0.2) is 60.2 Å². The Balaban J connectivity index is 1.87. The molecule has 0 atom stereocenters. The Labute approximate surface area is 148 Å². The van der Waals surface area contributed by atoms with E-state index in [4.69, 9.17) is 0 Å². The second-order valence-corrected chi connectivity index (χ2v) is 6.75.